The molecule has 0 aromatic heterocycles. The van der Waals surface area contributed by atoms with E-state index in [4.69, 9.17) is 33.2 Å². The van der Waals surface area contributed by atoms with Crippen LogP contribution in [0, 0.1) is 0 Å². The largest absolute Gasteiger partial charge is 0.454 e. The smallest absolute Gasteiger partial charge is 0.252 e. The summed E-state index contributed by atoms with van der Waals surface area (Å²) in [5.41, 5.74) is 1.32. The lowest BCUT2D eigenvalue weighted by Crippen LogP contribution is -2.70. The van der Waals surface area contributed by atoms with Gasteiger partial charge in [-0.3, -0.25) is 4.79 Å². The molecule has 1 aliphatic carbocycles. The Bertz CT molecular complexity index is 945. The van der Waals surface area contributed by atoms with E-state index in [1.54, 1.807) is 13.2 Å². The van der Waals surface area contributed by atoms with Crippen LogP contribution in [0.4, 0.5) is 0 Å². The molecule has 1 aromatic carbocycles. The Morgan fingerprint density at radius 1 is 1.00 bits per heavy atom. The minimum atomic E-state index is -1.20. The summed E-state index contributed by atoms with van der Waals surface area (Å²) in [7, 11) is 1.59. The van der Waals surface area contributed by atoms with Crippen LogP contribution in [0.1, 0.15) is 49.5 Å². The molecule has 4 heterocycles. The molecule has 6 rings (SSSR count). The van der Waals surface area contributed by atoms with E-state index in [1.807, 2.05) is 33.8 Å². The minimum absolute atomic E-state index is 0.127. The second-order valence-electron chi connectivity index (χ2n) is 9.30. The average molecular weight is 419 g/mol. The lowest BCUT2D eigenvalue weighted by molar-refractivity contribution is -0.303. The molecule has 30 heavy (non-hydrogen) atoms. The summed E-state index contributed by atoms with van der Waals surface area (Å²) in [4.78, 5) is 13.1. The summed E-state index contributed by atoms with van der Waals surface area (Å²) in [6.45, 7) is 7.51. The van der Waals surface area contributed by atoms with Crippen molar-refractivity contribution in [2.75, 3.05) is 13.9 Å². The zero-order valence-electron chi connectivity index (χ0n) is 17.5. The van der Waals surface area contributed by atoms with Crippen molar-refractivity contribution in [1.82, 2.24) is 5.32 Å². The van der Waals surface area contributed by atoms with Gasteiger partial charge in [0, 0.05) is 18.6 Å². The van der Waals surface area contributed by atoms with Crippen molar-refractivity contribution >= 4 is 5.91 Å². The molecule has 1 saturated carbocycles. The highest BCUT2D eigenvalue weighted by Gasteiger charge is 2.73. The van der Waals surface area contributed by atoms with E-state index < -0.39 is 35.7 Å². The highest BCUT2D eigenvalue weighted by atomic mass is 16.9. The fourth-order valence-electron chi connectivity index (χ4n) is 5.61. The minimum Gasteiger partial charge on any atom is -0.454 e. The molecule has 1 aromatic rings. The van der Waals surface area contributed by atoms with Crippen molar-refractivity contribution < 1.29 is 38.0 Å². The van der Waals surface area contributed by atoms with Gasteiger partial charge in [-0.2, -0.15) is 0 Å². The summed E-state index contributed by atoms with van der Waals surface area (Å²) in [6.07, 6.45) is -1.61. The molecule has 4 aliphatic heterocycles. The first-order valence-electron chi connectivity index (χ1n) is 10.2. The van der Waals surface area contributed by atoms with E-state index in [0.717, 1.165) is 5.56 Å². The third-order valence-electron chi connectivity index (χ3n) is 6.57. The summed E-state index contributed by atoms with van der Waals surface area (Å²) in [6, 6.07) is 3.20. The zero-order chi connectivity index (χ0) is 21.1. The van der Waals surface area contributed by atoms with Crippen molar-refractivity contribution in [1.29, 1.82) is 0 Å². The van der Waals surface area contributed by atoms with Crippen molar-refractivity contribution in [2.45, 2.75) is 75.3 Å². The second kappa shape index (κ2) is 5.66. The second-order valence-corrected chi connectivity index (χ2v) is 9.30. The molecule has 2 saturated heterocycles. The quantitative estimate of drug-likeness (QED) is 0.734. The standard InChI is InChI=1S/C21H25NO8/c1-19(2)27-15-14-13(16-21(24-5,17(15)29-19)30-20(3,4)28-16)9-6-11-12(26-8-25-11)7-10(9)18(23)22-14/h6-7,13-17H,8H2,1-5H3,(H,22,23). The van der Waals surface area contributed by atoms with Crippen LogP contribution in [0.15, 0.2) is 12.1 Å². The van der Waals surface area contributed by atoms with Crippen LogP contribution in [-0.2, 0) is 23.7 Å². The summed E-state index contributed by atoms with van der Waals surface area (Å²) in [5, 5.41) is 3.12. The Balaban J connectivity index is 1.56. The van der Waals surface area contributed by atoms with Gasteiger partial charge in [0.2, 0.25) is 12.6 Å². The average Bonchev–Trinajstić information content (AvgIpc) is 3.33. The number of benzene rings is 1. The van der Waals surface area contributed by atoms with Crippen LogP contribution in [0.25, 0.3) is 0 Å². The Kier molecular flexibility index (Phi) is 3.55. The molecule has 5 aliphatic rings. The number of carbonyl (C=O) groups is 1. The Morgan fingerprint density at radius 2 is 1.70 bits per heavy atom. The van der Waals surface area contributed by atoms with Crippen molar-refractivity contribution in [2.24, 2.45) is 0 Å². The third kappa shape index (κ3) is 2.32. The molecular weight excluding hydrogens is 394 g/mol. The van der Waals surface area contributed by atoms with E-state index in [1.165, 1.54) is 0 Å². The maximum absolute atomic E-state index is 13.1. The number of amides is 1. The van der Waals surface area contributed by atoms with Gasteiger partial charge in [-0.25, -0.2) is 0 Å². The predicted molar refractivity (Wildman–Crippen MR) is 100 cm³/mol. The van der Waals surface area contributed by atoms with Crippen molar-refractivity contribution in [3.05, 3.63) is 23.3 Å². The fraction of sp³-hybridized carbons (Fsp3) is 0.667. The van der Waals surface area contributed by atoms with Crippen LogP contribution < -0.4 is 14.8 Å². The van der Waals surface area contributed by atoms with E-state index in [-0.39, 0.29) is 24.7 Å². The SMILES string of the molecule is COC12OC(C)(C)OC1C1c3cc4c(cc3C(=O)NC1C1OC(C)(C)OC12)OCO4. The first-order valence-corrected chi connectivity index (χ1v) is 10.2. The Morgan fingerprint density at radius 3 is 2.43 bits per heavy atom. The molecule has 0 radical (unpaired) electrons. The van der Waals surface area contributed by atoms with Gasteiger partial charge in [-0.15, -0.1) is 0 Å². The number of hydrogen-bond donors (Lipinski definition) is 1. The zero-order valence-corrected chi connectivity index (χ0v) is 17.5. The maximum atomic E-state index is 13.1. The van der Waals surface area contributed by atoms with Gasteiger partial charge in [0.15, 0.2) is 23.1 Å². The number of fused-ring (bicyclic) bond motifs is 9. The molecule has 1 amide bonds. The molecule has 0 bridgehead atoms. The van der Waals surface area contributed by atoms with Crippen LogP contribution >= 0.6 is 0 Å². The van der Waals surface area contributed by atoms with Crippen molar-refractivity contribution in [3.63, 3.8) is 0 Å². The molecule has 9 nitrogen and oxygen atoms in total. The molecule has 6 unspecified atom stereocenters. The topological polar surface area (TPSA) is 93.7 Å². The number of nitrogens with one attached hydrogen (secondary N) is 1. The Hall–Kier alpha value is -1.91. The predicted octanol–water partition coefficient (Wildman–Crippen LogP) is 1.64. The van der Waals surface area contributed by atoms with E-state index in [9.17, 15) is 4.79 Å². The maximum Gasteiger partial charge on any atom is 0.252 e. The van der Waals surface area contributed by atoms with Gasteiger partial charge in [-0.05, 0) is 45.4 Å². The molecule has 9 heteroatoms. The number of carbonyl (C=O) groups excluding carboxylic acids is 1. The van der Waals surface area contributed by atoms with Gasteiger partial charge in [0.25, 0.3) is 5.91 Å². The van der Waals surface area contributed by atoms with Crippen LogP contribution in [0.5, 0.6) is 11.5 Å². The Labute approximate surface area is 173 Å². The van der Waals surface area contributed by atoms with E-state index in [0.29, 0.717) is 17.1 Å². The van der Waals surface area contributed by atoms with Gasteiger partial charge >= 0.3 is 0 Å². The highest BCUT2D eigenvalue weighted by molar-refractivity contribution is 5.98. The number of hydrogen-bond acceptors (Lipinski definition) is 8. The summed E-state index contributed by atoms with van der Waals surface area (Å²) in [5.74, 6) is -2.30. The number of methoxy groups -OCH3 is 1. The number of ether oxygens (including phenoxy) is 7. The highest BCUT2D eigenvalue weighted by Crippen LogP contribution is 2.57. The number of rotatable bonds is 1. The lowest BCUT2D eigenvalue weighted by Gasteiger charge is -2.51. The van der Waals surface area contributed by atoms with Gasteiger partial charge in [0.1, 0.15) is 18.3 Å². The molecule has 162 valence electrons. The molecular formula is C21H25NO8. The fourth-order valence-corrected chi connectivity index (χ4v) is 5.61. The first-order chi connectivity index (χ1) is 14.1. The summed E-state index contributed by atoms with van der Waals surface area (Å²) < 4.78 is 42.4. The van der Waals surface area contributed by atoms with Gasteiger partial charge in [0.05, 0.1) is 6.04 Å². The monoisotopic (exact) mass is 419 g/mol. The van der Waals surface area contributed by atoms with Crippen LogP contribution in [-0.4, -0.2) is 61.5 Å². The normalized spacial score (nSPS) is 41.5. The molecule has 0 spiro atoms. The van der Waals surface area contributed by atoms with Gasteiger partial charge < -0.3 is 38.5 Å². The van der Waals surface area contributed by atoms with Crippen LogP contribution in [0.3, 0.4) is 0 Å². The van der Waals surface area contributed by atoms with E-state index >= 15 is 0 Å². The third-order valence-corrected chi connectivity index (χ3v) is 6.57. The molecule has 1 N–H and O–H groups in total. The van der Waals surface area contributed by atoms with Crippen LogP contribution in [0.2, 0.25) is 0 Å². The van der Waals surface area contributed by atoms with E-state index in [2.05, 4.69) is 5.32 Å². The van der Waals surface area contributed by atoms with Gasteiger partial charge in [-0.1, -0.05) is 0 Å². The lowest BCUT2D eigenvalue weighted by atomic mass is 9.68. The first kappa shape index (κ1) is 18.8. The van der Waals surface area contributed by atoms with Crippen molar-refractivity contribution in [3.8, 4) is 11.5 Å². The molecule has 3 fully saturated rings. The summed E-state index contributed by atoms with van der Waals surface area (Å²) >= 11 is 0. The molecule has 6 atom stereocenters.